The van der Waals surface area contributed by atoms with Gasteiger partial charge in [0.05, 0.1) is 18.9 Å². The van der Waals surface area contributed by atoms with Crippen molar-refractivity contribution in [3.05, 3.63) is 10.6 Å². The number of hydrogen-bond acceptors (Lipinski definition) is 6. The minimum absolute atomic E-state index is 0.0761. The Bertz CT molecular complexity index is 865. The van der Waals surface area contributed by atoms with E-state index in [1.165, 1.54) is 12.8 Å². The normalized spacial score (nSPS) is 28.2. The molecule has 4 heterocycles. The van der Waals surface area contributed by atoms with Gasteiger partial charge >= 0.3 is 0 Å². The van der Waals surface area contributed by atoms with Gasteiger partial charge in [0.2, 0.25) is 0 Å². The summed E-state index contributed by atoms with van der Waals surface area (Å²) in [6.45, 7) is 8.60. The van der Waals surface area contributed by atoms with Gasteiger partial charge in [0.1, 0.15) is 5.82 Å². The fourth-order valence-corrected chi connectivity index (χ4v) is 6.53. The van der Waals surface area contributed by atoms with E-state index < -0.39 is 10.2 Å². The number of rotatable bonds is 4. The highest BCUT2D eigenvalue weighted by molar-refractivity contribution is 7.86. The predicted molar refractivity (Wildman–Crippen MR) is 112 cm³/mol. The van der Waals surface area contributed by atoms with Gasteiger partial charge in [0, 0.05) is 52.2 Å². The van der Waals surface area contributed by atoms with Crippen LogP contribution in [0.5, 0.6) is 0 Å². The molecule has 29 heavy (non-hydrogen) atoms. The first-order chi connectivity index (χ1) is 13.8. The molecule has 0 radical (unpaired) electrons. The first-order valence-corrected chi connectivity index (χ1v) is 12.4. The first-order valence-electron chi connectivity index (χ1n) is 10.6. The second-order valence-corrected chi connectivity index (χ2v) is 10.7. The molecule has 4 rings (SSSR count). The third-order valence-electron chi connectivity index (χ3n) is 5.99. The molecular formula is C18H32N6O3S2. The van der Waals surface area contributed by atoms with Crippen LogP contribution >= 0.6 is 12.2 Å². The molecule has 3 aliphatic rings. The third kappa shape index (κ3) is 4.59. The van der Waals surface area contributed by atoms with Crippen LogP contribution in [0.25, 0.3) is 0 Å². The quantitative estimate of drug-likeness (QED) is 0.647. The lowest BCUT2D eigenvalue weighted by atomic mass is 10.2. The molecule has 0 aliphatic carbocycles. The van der Waals surface area contributed by atoms with Crippen molar-refractivity contribution in [2.45, 2.75) is 65.0 Å². The molecule has 0 N–H and O–H groups in total. The average Bonchev–Trinajstić information content (AvgIpc) is 2.84. The second kappa shape index (κ2) is 8.72. The molecule has 2 fully saturated rings. The maximum absolute atomic E-state index is 13.1. The molecule has 0 bridgehead atoms. The summed E-state index contributed by atoms with van der Waals surface area (Å²) in [4.78, 5) is 2.24. The standard InChI is InChI=1S/C18H32N6O3S2/c1-15-12-22(13-16(2)27-15)29(25,26)21-10-8-20(9-11-21)14-24-18(28)23-7-5-3-4-6-17(23)19-24/h15-16H,3-14H2,1-2H3. The van der Waals surface area contributed by atoms with E-state index in [9.17, 15) is 8.42 Å². The molecular weight excluding hydrogens is 412 g/mol. The monoisotopic (exact) mass is 444 g/mol. The number of aryl methyl sites for hydroxylation is 1. The summed E-state index contributed by atoms with van der Waals surface area (Å²) in [6, 6.07) is 0. The zero-order chi connectivity index (χ0) is 20.6. The van der Waals surface area contributed by atoms with E-state index in [0.717, 1.165) is 30.0 Å². The van der Waals surface area contributed by atoms with Gasteiger partial charge in [-0.15, -0.1) is 0 Å². The van der Waals surface area contributed by atoms with E-state index in [1.807, 2.05) is 18.5 Å². The summed E-state index contributed by atoms with van der Waals surface area (Å²) in [6.07, 6.45) is 4.39. The van der Waals surface area contributed by atoms with E-state index in [1.54, 1.807) is 8.61 Å². The van der Waals surface area contributed by atoms with Gasteiger partial charge in [-0.1, -0.05) is 6.42 Å². The molecule has 0 aromatic carbocycles. The van der Waals surface area contributed by atoms with Crippen LogP contribution < -0.4 is 0 Å². The van der Waals surface area contributed by atoms with Crippen LogP contribution in [0.3, 0.4) is 0 Å². The van der Waals surface area contributed by atoms with Gasteiger partial charge < -0.3 is 9.30 Å². The van der Waals surface area contributed by atoms with E-state index in [4.69, 9.17) is 22.1 Å². The molecule has 164 valence electrons. The van der Waals surface area contributed by atoms with E-state index in [0.29, 0.717) is 45.9 Å². The Hall–Kier alpha value is -0.850. The Morgan fingerprint density at radius 1 is 1.00 bits per heavy atom. The SMILES string of the molecule is CC1CN(S(=O)(=O)N2CCN(Cn3nc4n(c3=S)CCCCC4)CC2)CC(C)O1. The van der Waals surface area contributed by atoms with Crippen molar-refractivity contribution in [2.75, 3.05) is 39.3 Å². The largest absolute Gasteiger partial charge is 0.373 e. The molecule has 0 spiro atoms. The summed E-state index contributed by atoms with van der Waals surface area (Å²) in [5, 5.41) is 4.74. The molecule has 9 nitrogen and oxygen atoms in total. The first kappa shape index (κ1) is 21.4. The number of ether oxygens (including phenoxy) is 1. The van der Waals surface area contributed by atoms with Crippen molar-refractivity contribution in [3.63, 3.8) is 0 Å². The highest BCUT2D eigenvalue weighted by Gasteiger charge is 2.36. The van der Waals surface area contributed by atoms with Gasteiger partial charge in [-0.3, -0.25) is 4.90 Å². The zero-order valence-corrected chi connectivity index (χ0v) is 19.0. The van der Waals surface area contributed by atoms with Crippen molar-refractivity contribution < 1.29 is 13.2 Å². The number of fused-ring (bicyclic) bond motifs is 1. The molecule has 1 aromatic rings. The lowest BCUT2D eigenvalue weighted by Gasteiger charge is -2.40. The number of hydrogen-bond donors (Lipinski definition) is 0. The molecule has 0 saturated carbocycles. The van der Waals surface area contributed by atoms with Gasteiger partial charge in [-0.25, -0.2) is 4.68 Å². The topological polar surface area (TPSA) is 75.8 Å². The lowest BCUT2D eigenvalue weighted by molar-refractivity contribution is -0.0458. The second-order valence-electron chi connectivity index (χ2n) is 8.40. The maximum atomic E-state index is 13.1. The number of aromatic nitrogens is 3. The lowest BCUT2D eigenvalue weighted by Crippen LogP contribution is -2.57. The Morgan fingerprint density at radius 3 is 2.38 bits per heavy atom. The van der Waals surface area contributed by atoms with Crippen molar-refractivity contribution in [1.82, 2.24) is 27.9 Å². The summed E-state index contributed by atoms with van der Waals surface area (Å²) >= 11 is 5.64. The van der Waals surface area contributed by atoms with Crippen LogP contribution in [-0.2, 0) is 34.6 Å². The Balaban J connectivity index is 1.37. The van der Waals surface area contributed by atoms with E-state index in [2.05, 4.69) is 9.47 Å². The van der Waals surface area contributed by atoms with Crippen molar-refractivity contribution in [2.24, 2.45) is 0 Å². The summed E-state index contributed by atoms with van der Waals surface area (Å²) in [5.74, 6) is 1.09. The molecule has 2 saturated heterocycles. The van der Waals surface area contributed by atoms with Crippen LogP contribution in [0.2, 0.25) is 0 Å². The number of piperazine rings is 1. The number of nitrogens with zero attached hydrogens (tertiary/aromatic N) is 6. The van der Waals surface area contributed by atoms with Gasteiger partial charge in [-0.05, 0) is 38.9 Å². The summed E-state index contributed by atoms with van der Waals surface area (Å²) in [5.41, 5.74) is 0. The zero-order valence-electron chi connectivity index (χ0n) is 17.4. The van der Waals surface area contributed by atoms with Crippen molar-refractivity contribution >= 4 is 22.4 Å². The van der Waals surface area contributed by atoms with Gasteiger partial charge in [-0.2, -0.15) is 22.1 Å². The highest BCUT2D eigenvalue weighted by atomic mass is 32.2. The predicted octanol–water partition coefficient (Wildman–Crippen LogP) is 1.07. The fraction of sp³-hybridized carbons (Fsp3) is 0.889. The molecule has 11 heteroatoms. The van der Waals surface area contributed by atoms with Crippen molar-refractivity contribution in [3.8, 4) is 0 Å². The minimum Gasteiger partial charge on any atom is -0.373 e. The number of morpholine rings is 1. The molecule has 2 atom stereocenters. The Kier molecular flexibility index (Phi) is 6.43. The Morgan fingerprint density at radius 2 is 1.69 bits per heavy atom. The van der Waals surface area contributed by atoms with E-state index in [-0.39, 0.29) is 12.2 Å². The molecule has 1 aromatic heterocycles. The van der Waals surface area contributed by atoms with Crippen molar-refractivity contribution in [1.29, 1.82) is 0 Å². The van der Waals surface area contributed by atoms with Crippen LogP contribution in [0.15, 0.2) is 0 Å². The molecule has 0 amide bonds. The van der Waals surface area contributed by atoms with E-state index >= 15 is 0 Å². The van der Waals surface area contributed by atoms with Crippen LogP contribution in [-0.4, -0.2) is 87.8 Å². The smallest absolute Gasteiger partial charge is 0.282 e. The Labute approximate surface area is 178 Å². The average molecular weight is 445 g/mol. The highest BCUT2D eigenvalue weighted by Crippen LogP contribution is 2.19. The molecule has 2 unspecified atom stereocenters. The summed E-state index contributed by atoms with van der Waals surface area (Å²) in [7, 11) is -3.45. The summed E-state index contributed by atoms with van der Waals surface area (Å²) < 4.78 is 39.8. The fourth-order valence-electron chi connectivity index (χ4n) is 4.49. The third-order valence-corrected chi connectivity index (χ3v) is 8.39. The van der Waals surface area contributed by atoms with Crippen LogP contribution in [0.4, 0.5) is 0 Å². The molecule has 3 aliphatic heterocycles. The minimum atomic E-state index is -3.45. The van der Waals surface area contributed by atoms with Crippen LogP contribution in [0.1, 0.15) is 38.9 Å². The van der Waals surface area contributed by atoms with Crippen LogP contribution in [0, 0.1) is 4.77 Å². The van der Waals surface area contributed by atoms with Gasteiger partial charge in [0.25, 0.3) is 10.2 Å². The van der Waals surface area contributed by atoms with Gasteiger partial charge in [0.15, 0.2) is 4.77 Å². The maximum Gasteiger partial charge on any atom is 0.282 e.